The maximum absolute atomic E-state index is 11.4. The van der Waals surface area contributed by atoms with Crippen LogP contribution in [0.2, 0.25) is 0 Å². The van der Waals surface area contributed by atoms with Gasteiger partial charge in [-0.15, -0.1) is 0 Å². The Balaban J connectivity index is 2.12. The van der Waals surface area contributed by atoms with Crippen molar-refractivity contribution in [2.24, 2.45) is 11.1 Å². The van der Waals surface area contributed by atoms with Crippen molar-refractivity contribution < 1.29 is 19.0 Å². The fraction of sp³-hybridized carbons (Fsp3) is 0.435. The molecule has 0 saturated carbocycles. The Kier molecular flexibility index (Phi) is 5.28. The van der Waals surface area contributed by atoms with Gasteiger partial charge in [0.1, 0.15) is 17.6 Å². The minimum absolute atomic E-state index is 0.231. The zero-order chi connectivity index (χ0) is 20.6. The average molecular weight is 383 g/mol. The molecule has 0 aromatic heterocycles. The molecule has 5 nitrogen and oxygen atoms in total. The van der Waals surface area contributed by atoms with Crippen LogP contribution in [0.1, 0.15) is 49.1 Å². The van der Waals surface area contributed by atoms with Gasteiger partial charge in [-0.3, -0.25) is 0 Å². The molecule has 2 aromatic carbocycles. The van der Waals surface area contributed by atoms with E-state index < -0.39 is 6.09 Å². The highest BCUT2D eigenvalue weighted by Gasteiger charge is 2.42. The fourth-order valence-corrected chi connectivity index (χ4v) is 4.25. The third kappa shape index (κ3) is 3.53. The van der Waals surface area contributed by atoms with E-state index in [1.807, 2.05) is 13.0 Å². The molecule has 0 spiro atoms. The van der Waals surface area contributed by atoms with Gasteiger partial charge < -0.3 is 19.9 Å². The number of carbonyl (C=O) groups excluding carboxylic acids is 1. The first-order valence-electron chi connectivity index (χ1n) is 9.59. The van der Waals surface area contributed by atoms with Crippen molar-refractivity contribution in [3.63, 3.8) is 0 Å². The lowest BCUT2D eigenvalue weighted by Crippen LogP contribution is -2.25. The van der Waals surface area contributed by atoms with Crippen LogP contribution in [0.4, 0.5) is 4.79 Å². The summed E-state index contributed by atoms with van der Waals surface area (Å²) < 4.78 is 16.9. The smallest absolute Gasteiger partial charge is 0.405 e. The van der Waals surface area contributed by atoms with Crippen LogP contribution in [-0.4, -0.2) is 19.8 Å². The van der Waals surface area contributed by atoms with Gasteiger partial charge in [0, 0.05) is 11.0 Å². The maximum Gasteiger partial charge on any atom is 0.405 e. The van der Waals surface area contributed by atoms with E-state index in [0.29, 0.717) is 6.61 Å². The molecule has 1 amide bonds. The van der Waals surface area contributed by atoms with E-state index in [9.17, 15) is 4.79 Å². The number of aryl methyl sites for hydroxylation is 2. The summed E-state index contributed by atoms with van der Waals surface area (Å²) in [6.07, 6.45) is -0.342. The van der Waals surface area contributed by atoms with E-state index in [4.69, 9.17) is 19.9 Å². The molecule has 2 aromatic rings. The Morgan fingerprint density at radius 3 is 2.36 bits per heavy atom. The van der Waals surface area contributed by atoms with E-state index in [2.05, 4.69) is 45.9 Å². The molecule has 1 unspecified atom stereocenters. The molecule has 2 N–H and O–H groups in total. The monoisotopic (exact) mass is 383 g/mol. The lowest BCUT2D eigenvalue weighted by molar-refractivity contribution is 0.0391. The molecule has 28 heavy (non-hydrogen) atoms. The summed E-state index contributed by atoms with van der Waals surface area (Å²) in [4.78, 5) is 11.4. The van der Waals surface area contributed by atoms with Crippen molar-refractivity contribution in [3.8, 4) is 22.6 Å². The van der Waals surface area contributed by atoms with Crippen molar-refractivity contribution in [2.45, 2.75) is 47.1 Å². The van der Waals surface area contributed by atoms with Crippen molar-refractivity contribution in [1.29, 1.82) is 0 Å². The van der Waals surface area contributed by atoms with E-state index in [-0.39, 0.29) is 11.5 Å². The minimum atomic E-state index is -0.758. The van der Waals surface area contributed by atoms with Gasteiger partial charge in [0.25, 0.3) is 0 Å². The second kappa shape index (κ2) is 7.38. The lowest BCUT2D eigenvalue weighted by atomic mass is 9.87. The molecule has 0 saturated heterocycles. The second-order valence-electron chi connectivity index (χ2n) is 8.11. The molecule has 1 aliphatic carbocycles. The van der Waals surface area contributed by atoms with E-state index in [0.717, 1.165) is 51.3 Å². The summed E-state index contributed by atoms with van der Waals surface area (Å²) in [5.41, 5.74) is 11.5. The molecule has 150 valence electrons. The first-order chi connectivity index (χ1) is 13.2. The fourth-order valence-electron chi connectivity index (χ4n) is 4.25. The van der Waals surface area contributed by atoms with Crippen molar-refractivity contribution >= 4 is 6.09 Å². The third-order valence-electron chi connectivity index (χ3n) is 5.39. The van der Waals surface area contributed by atoms with Crippen LogP contribution < -0.4 is 15.2 Å². The zero-order valence-electron chi connectivity index (χ0n) is 17.5. The van der Waals surface area contributed by atoms with Gasteiger partial charge in [-0.05, 0) is 79.3 Å². The molecule has 0 fully saturated rings. The normalized spacial score (nSPS) is 17.1. The van der Waals surface area contributed by atoms with Crippen LogP contribution in [0, 0.1) is 19.3 Å². The number of ether oxygens (including phenoxy) is 3. The number of hydrogen-bond acceptors (Lipinski definition) is 4. The summed E-state index contributed by atoms with van der Waals surface area (Å²) in [5, 5.41) is 0. The largest absolute Gasteiger partial charge is 0.496 e. The molecule has 3 rings (SSSR count). The molecular formula is C23H29NO4. The minimum Gasteiger partial charge on any atom is -0.496 e. The number of amides is 1. The highest BCUT2D eigenvalue weighted by Crippen LogP contribution is 2.50. The van der Waals surface area contributed by atoms with Gasteiger partial charge in [-0.1, -0.05) is 13.8 Å². The predicted octanol–water partition coefficient (Wildman–Crippen LogP) is 5.10. The van der Waals surface area contributed by atoms with E-state index >= 15 is 0 Å². The van der Waals surface area contributed by atoms with Gasteiger partial charge in [0.15, 0.2) is 0 Å². The number of hydrogen-bond donors (Lipinski definition) is 1. The van der Waals surface area contributed by atoms with Crippen LogP contribution in [0.15, 0.2) is 24.3 Å². The topological polar surface area (TPSA) is 70.8 Å². The van der Waals surface area contributed by atoms with Gasteiger partial charge in [0.05, 0.1) is 13.7 Å². The molecule has 0 aliphatic heterocycles. The molecule has 5 heteroatoms. The lowest BCUT2D eigenvalue weighted by Gasteiger charge is -2.26. The first-order valence-corrected chi connectivity index (χ1v) is 9.59. The van der Waals surface area contributed by atoms with Crippen molar-refractivity contribution in [1.82, 2.24) is 0 Å². The SMILES string of the molecule is CCOc1c(C)cc(-c2cc3c(cc2OC)C(OC(N)=O)C(C)(C)C3)cc1C. The Morgan fingerprint density at radius 1 is 1.18 bits per heavy atom. The summed E-state index contributed by atoms with van der Waals surface area (Å²) in [7, 11) is 1.66. The van der Waals surface area contributed by atoms with Gasteiger partial charge in [0.2, 0.25) is 0 Å². The number of nitrogens with two attached hydrogens (primary N) is 1. The van der Waals surface area contributed by atoms with E-state index in [1.54, 1.807) is 7.11 Å². The van der Waals surface area contributed by atoms with E-state index in [1.165, 1.54) is 0 Å². The predicted molar refractivity (Wildman–Crippen MR) is 110 cm³/mol. The first kappa shape index (κ1) is 20.1. The third-order valence-corrected chi connectivity index (χ3v) is 5.39. The number of primary amides is 1. The molecular weight excluding hydrogens is 354 g/mol. The van der Waals surface area contributed by atoms with Gasteiger partial charge in [-0.25, -0.2) is 4.79 Å². The van der Waals surface area contributed by atoms with Crippen LogP contribution in [0.25, 0.3) is 11.1 Å². The van der Waals surface area contributed by atoms with Crippen LogP contribution in [0.5, 0.6) is 11.5 Å². The molecule has 0 heterocycles. The number of benzene rings is 2. The average Bonchev–Trinajstić information content (AvgIpc) is 2.85. The second-order valence-corrected chi connectivity index (χ2v) is 8.11. The highest BCUT2D eigenvalue weighted by molar-refractivity contribution is 5.75. The van der Waals surface area contributed by atoms with Crippen LogP contribution >= 0.6 is 0 Å². The summed E-state index contributed by atoms with van der Waals surface area (Å²) in [6, 6.07) is 8.38. The Labute approximate surface area is 166 Å². The van der Waals surface area contributed by atoms with Crippen molar-refractivity contribution in [3.05, 3.63) is 46.5 Å². The zero-order valence-corrected chi connectivity index (χ0v) is 17.5. The summed E-state index contributed by atoms with van der Waals surface area (Å²) >= 11 is 0. The van der Waals surface area contributed by atoms with Gasteiger partial charge in [-0.2, -0.15) is 0 Å². The molecule has 1 atom stereocenters. The molecule has 1 aliphatic rings. The molecule has 0 bridgehead atoms. The summed E-state index contributed by atoms with van der Waals surface area (Å²) in [6.45, 7) is 10.9. The number of carbonyl (C=O) groups is 1. The Morgan fingerprint density at radius 2 is 1.82 bits per heavy atom. The summed E-state index contributed by atoms with van der Waals surface area (Å²) in [5.74, 6) is 1.68. The van der Waals surface area contributed by atoms with Crippen LogP contribution in [0.3, 0.4) is 0 Å². The quantitative estimate of drug-likeness (QED) is 0.780. The molecule has 0 radical (unpaired) electrons. The van der Waals surface area contributed by atoms with Crippen LogP contribution in [-0.2, 0) is 11.2 Å². The number of rotatable bonds is 5. The van der Waals surface area contributed by atoms with Gasteiger partial charge >= 0.3 is 6.09 Å². The standard InChI is InChI=1S/C23H29NO4/c1-7-27-20-13(2)8-15(9-14(20)3)17-10-16-12-23(4,5)21(28-22(24)25)18(16)11-19(17)26-6/h8-11,21H,7,12H2,1-6H3,(H2,24,25). The maximum atomic E-state index is 11.4. The Bertz CT molecular complexity index is 894. The number of methoxy groups -OCH3 is 1. The Hall–Kier alpha value is -2.69. The number of fused-ring (bicyclic) bond motifs is 1. The highest BCUT2D eigenvalue weighted by atomic mass is 16.6. The van der Waals surface area contributed by atoms with Crippen molar-refractivity contribution in [2.75, 3.05) is 13.7 Å².